The zero-order chi connectivity index (χ0) is 17.8. The Morgan fingerprint density at radius 1 is 1.20 bits per heavy atom. The lowest BCUT2D eigenvalue weighted by atomic mass is 9.98. The summed E-state index contributed by atoms with van der Waals surface area (Å²) in [6.45, 7) is 3.70. The summed E-state index contributed by atoms with van der Waals surface area (Å²) in [4.78, 5) is 0. The lowest BCUT2D eigenvalue weighted by Crippen LogP contribution is -2.62. The number of ether oxygens (including phenoxy) is 4. The van der Waals surface area contributed by atoms with E-state index in [0.29, 0.717) is 6.42 Å². The standard InChI is InChI=1S/C18H24O7/c1-2-6-12(19)9-22-18-15(21)14(20)16-13(24-18)10-23-17(25-16)11-7-4-3-5-8-11/h2-5,7-8,12-21H,1,6,9-10H2/t12?,13-,14-,15-,16+,17?,18+/m1/s1. The van der Waals surface area contributed by atoms with Crippen LogP contribution in [0.3, 0.4) is 0 Å². The molecule has 2 heterocycles. The molecule has 0 aliphatic carbocycles. The predicted octanol–water partition coefficient (Wildman–Crippen LogP) is 0.501. The predicted molar refractivity (Wildman–Crippen MR) is 87.5 cm³/mol. The number of aliphatic hydroxyl groups is 3. The van der Waals surface area contributed by atoms with Crippen molar-refractivity contribution in [2.45, 2.75) is 49.5 Å². The van der Waals surface area contributed by atoms with Gasteiger partial charge in [0.25, 0.3) is 0 Å². The molecule has 2 aliphatic heterocycles. The molecule has 0 spiro atoms. The molecule has 7 heteroatoms. The average Bonchev–Trinajstić information content (AvgIpc) is 2.64. The molecule has 1 aromatic rings. The number of aliphatic hydroxyl groups excluding tert-OH is 3. The fourth-order valence-corrected chi connectivity index (χ4v) is 2.96. The summed E-state index contributed by atoms with van der Waals surface area (Å²) in [5.41, 5.74) is 0.827. The minimum Gasteiger partial charge on any atom is -0.390 e. The average molecular weight is 352 g/mol. The van der Waals surface area contributed by atoms with E-state index in [1.54, 1.807) is 6.08 Å². The van der Waals surface area contributed by atoms with Crippen LogP contribution in [0.5, 0.6) is 0 Å². The summed E-state index contributed by atoms with van der Waals surface area (Å²) in [6.07, 6.45) is -4.26. The van der Waals surface area contributed by atoms with Crippen LogP contribution in [-0.4, -0.2) is 65.3 Å². The molecule has 0 bridgehead atoms. The van der Waals surface area contributed by atoms with Gasteiger partial charge in [0.2, 0.25) is 0 Å². The molecule has 0 aromatic heterocycles. The topological polar surface area (TPSA) is 97.6 Å². The molecule has 25 heavy (non-hydrogen) atoms. The van der Waals surface area contributed by atoms with Crippen molar-refractivity contribution >= 4 is 0 Å². The van der Waals surface area contributed by atoms with Gasteiger partial charge in [-0.2, -0.15) is 0 Å². The van der Waals surface area contributed by atoms with Crippen LogP contribution in [0, 0.1) is 0 Å². The van der Waals surface area contributed by atoms with Crippen molar-refractivity contribution < 1.29 is 34.3 Å². The maximum absolute atomic E-state index is 10.4. The van der Waals surface area contributed by atoms with Crippen LogP contribution in [0.25, 0.3) is 0 Å². The van der Waals surface area contributed by atoms with Gasteiger partial charge in [-0.05, 0) is 6.42 Å². The maximum atomic E-state index is 10.4. The molecule has 3 N–H and O–H groups in total. The smallest absolute Gasteiger partial charge is 0.186 e. The zero-order valence-electron chi connectivity index (χ0n) is 13.8. The third kappa shape index (κ3) is 4.27. The molecule has 2 saturated heterocycles. The minimum atomic E-state index is -1.29. The van der Waals surface area contributed by atoms with Crippen LogP contribution < -0.4 is 0 Å². The van der Waals surface area contributed by atoms with Crippen molar-refractivity contribution in [1.29, 1.82) is 0 Å². The quantitative estimate of drug-likeness (QED) is 0.642. The van der Waals surface area contributed by atoms with Gasteiger partial charge in [0.15, 0.2) is 12.6 Å². The Kier molecular flexibility index (Phi) is 6.19. The lowest BCUT2D eigenvalue weighted by Gasteiger charge is -2.46. The van der Waals surface area contributed by atoms with Crippen LogP contribution in [0.4, 0.5) is 0 Å². The van der Waals surface area contributed by atoms with Crippen LogP contribution in [0.2, 0.25) is 0 Å². The maximum Gasteiger partial charge on any atom is 0.186 e. The fraction of sp³-hybridized carbons (Fsp3) is 0.556. The molecule has 0 saturated carbocycles. The Bertz CT molecular complexity index is 550. The lowest BCUT2D eigenvalue weighted by molar-refractivity contribution is -0.362. The van der Waals surface area contributed by atoms with Crippen molar-refractivity contribution in [3.05, 3.63) is 48.6 Å². The van der Waals surface area contributed by atoms with Gasteiger partial charge < -0.3 is 34.3 Å². The van der Waals surface area contributed by atoms with Crippen LogP contribution in [0.1, 0.15) is 18.3 Å². The number of rotatable bonds is 6. The van der Waals surface area contributed by atoms with E-state index < -0.39 is 43.1 Å². The van der Waals surface area contributed by atoms with E-state index in [1.807, 2.05) is 30.3 Å². The molecule has 0 amide bonds. The van der Waals surface area contributed by atoms with E-state index in [2.05, 4.69) is 6.58 Å². The third-order valence-electron chi connectivity index (χ3n) is 4.30. The summed E-state index contributed by atoms with van der Waals surface area (Å²) in [6, 6.07) is 9.36. The Labute approximate surface area is 146 Å². The normalized spacial score (nSPS) is 36.4. The Morgan fingerprint density at radius 3 is 2.68 bits per heavy atom. The molecule has 138 valence electrons. The monoisotopic (exact) mass is 352 g/mol. The summed E-state index contributed by atoms with van der Waals surface area (Å²) in [7, 11) is 0. The summed E-state index contributed by atoms with van der Waals surface area (Å²) in [5.74, 6) is 0. The van der Waals surface area contributed by atoms with Crippen LogP contribution >= 0.6 is 0 Å². The van der Waals surface area contributed by atoms with Gasteiger partial charge in [-0.1, -0.05) is 36.4 Å². The highest BCUT2D eigenvalue weighted by Gasteiger charge is 2.49. The van der Waals surface area contributed by atoms with Gasteiger partial charge in [0, 0.05) is 5.56 Å². The molecule has 3 rings (SSSR count). The largest absolute Gasteiger partial charge is 0.390 e. The van der Waals surface area contributed by atoms with Gasteiger partial charge in [-0.15, -0.1) is 6.58 Å². The first kappa shape index (κ1) is 18.5. The van der Waals surface area contributed by atoms with E-state index >= 15 is 0 Å². The Hall–Kier alpha value is -1.32. The number of benzene rings is 1. The van der Waals surface area contributed by atoms with Gasteiger partial charge >= 0.3 is 0 Å². The number of fused-ring (bicyclic) bond motifs is 1. The number of hydrogen-bond donors (Lipinski definition) is 3. The van der Waals surface area contributed by atoms with Gasteiger partial charge in [0.1, 0.15) is 24.4 Å². The third-order valence-corrected chi connectivity index (χ3v) is 4.30. The summed E-state index contributed by atoms with van der Waals surface area (Å²) < 4.78 is 22.5. The zero-order valence-corrected chi connectivity index (χ0v) is 13.8. The molecule has 2 fully saturated rings. The first-order valence-electron chi connectivity index (χ1n) is 8.34. The fourth-order valence-electron chi connectivity index (χ4n) is 2.96. The molecule has 2 aliphatic rings. The molecule has 2 unspecified atom stereocenters. The second-order valence-corrected chi connectivity index (χ2v) is 6.21. The first-order chi connectivity index (χ1) is 12.1. The second kappa shape index (κ2) is 8.37. The van der Waals surface area contributed by atoms with Crippen molar-refractivity contribution in [1.82, 2.24) is 0 Å². The molecule has 7 atom stereocenters. The molecule has 7 nitrogen and oxygen atoms in total. The molecular formula is C18H24O7. The highest BCUT2D eigenvalue weighted by molar-refractivity contribution is 5.16. The van der Waals surface area contributed by atoms with E-state index in [9.17, 15) is 15.3 Å². The minimum absolute atomic E-state index is 0.0355. The molecule has 0 radical (unpaired) electrons. The van der Waals surface area contributed by atoms with Gasteiger partial charge in [0.05, 0.1) is 19.3 Å². The van der Waals surface area contributed by atoms with Crippen LogP contribution in [0.15, 0.2) is 43.0 Å². The van der Waals surface area contributed by atoms with Crippen molar-refractivity contribution in [3.63, 3.8) is 0 Å². The molecular weight excluding hydrogens is 328 g/mol. The highest BCUT2D eigenvalue weighted by Crippen LogP contribution is 2.34. The Morgan fingerprint density at radius 2 is 1.96 bits per heavy atom. The molecule has 1 aromatic carbocycles. The summed E-state index contributed by atoms with van der Waals surface area (Å²) >= 11 is 0. The van der Waals surface area contributed by atoms with Crippen LogP contribution in [-0.2, 0) is 18.9 Å². The SMILES string of the molecule is C=CCC(O)CO[C@H]1O[C@@H]2COC(c3ccccc3)O[C@@H]2[C@H](O)[C@H]1O. The van der Waals surface area contributed by atoms with Crippen molar-refractivity contribution in [2.24, 2.45) is 0 Å². The van der Waals surface area contributed by atoms with E-state index in [-0.39, 0.29) is 13.2 Å². The van der Waals surface area contributed by atoms with Crippen molar-refractivity contribution in [3.8, 4) is 0 Å². The van der Waals surface area contributed by atoms with E-state index in [0.717, 1.165) is 5.56 Å². The Balaban J connectivity index is 1.60. The van der Waals surface area contributed by atoms with E-state index in [4.69, 9.17) is 18.9 Å². The summed E-state index contributed by atoms with van der Waals surface area (Å²) in [5, 5.41) is 30.3. The van der Waals surface area contributed by atoms with Gasteiger partial charge in [-0.25, -0.2) is 0 Å². The van der Waals surface area contributed by atoms with Gasteiger partial charge in [-0.3, -0.25) is 0 Å². The second-order valence-electron chi connectivity index (χ2n) is 6.21. The number of hydrogen-bond acceptors (Lipinski definition) is 7. The van der Waals surface area contributed by atoms with Crippen molar-refractivity contribution in [2.75, 3.05) is 13.2 Å². The first-order valence-corrected chi connectivity index (χ1v) is 8.34. The van der Waals surface area contributed by atoms with E-state index in [1.165, 1.54) is 0 Å². The highest BCUT2D eigenvalue weighted by atomic mass is 16.8.